The van der Waals surface area contributed by atoms with E-state index in [1.807, 2.05) is 28.9 Å². The van der Waals surface area contributed by atoms with Crippen molar-refractivity contribution in [3.05, 3.63) is 72.4 Å². The number of hydrogen-bond acceptors (Lipinski definition) is 2. The Morgan fingerprint density at radius 1 is 0.913 bits per heavy atom. The van der Waals surface area contributed by atoms with E-state index in [4.69, 9.17) is 5.10 Å². The van der Waals surface area contributed by atoms with Gasteiger partial charge in [-0.25, -0.2) is 0 Å². The van der Waals surface area contributed by atoms with E-state index in [1.54, 1.807) is 0 Å². The third kappa shape index (κ3) is 3.62. The van der Waals surface area contributed by atoms with Crippen LogP contribution in [0, 0.1) is 0 Å². The Kier molecular flexibility index (Phi) is 4.20. The molecule has 0 unspecified atom stereocenters. The number of nitrogens with one attached hydrogen (secondary N) is 1. The number of benzene rings is 2. The number of hydrogen-bond donors (Lipinski definition) is 1. The summed E-state index contributed by atoms with van der Waals surface area (Å²) in [5.74, 6) is 0. The molecule has 1 N–H and O–H groups in total. The third-order valence-corrected chi connectivity index (χ3v) is 3.77. The minimum Gasteiger partial charge on any atom is -0.378 e. The topological polar surface area (TPSA) is 29.9 Å². The van der Waals surface area contributed by atoms with Gasteiger partial charge in [-0.2, -0.15) is 5.10 Å². The summed E-state index contributed by atoms with van der Waals surface area (Å²) < 4.78 is 2.03. The van der Waals surface area contributed by atoms with Crippen molar-refractivity contribution >= 4 is 5.69 Å². The van der Waals surface area contributed by atoms with Gasteiger partial charge in [-0.05, 0) is 26.3 Å². The minimum atomic E-state index is -0.0454. The van der Waals surface area contributed by atoms with E-state index in [0.29, 0.717) is 0 Å². The molecule has 3 rings (SSSR count). The van der Waals surface area contributed by atoms with Crippen molar-refractivity contribution < 1.29 is 0 Å². The lowest BCUT2D eigenvalue weighted by molar-refractivity contribution is 0.356. The van der Waals surface area contributed by atoms with Crippen LogP contribution in [-0.2, 0) is 12.1 Å². The summed E-state index contributed by atoms with van der Waals surface area (Å²) in [4.78, 5) is 0. The van der Waals surface area contributed by atoms with E-state index in [1.165, 1.54) is 5.56 Å². The molecular formula is C20H23N3. The maximum atomic E-state index is 4.82. The lowest BCUT2D eigenvalue weighted by Crippen LogP contribution is -2.22. The van der Waals surface area contributed by atoms with Crippen LogP contribution in [0.1, 0.15) is 26.3 Å². The monoisotopic (exact) mass is 305 g/mol. The zero-order valence-corrected chi connectivity index (χ0v) is 14.0. The molecule has 0 radical (unpaired) electrons. The van der Waals surface area contributed by atoms with Crippen molar-refractivity contribution in [1.29, 1.82) is 0 Å². The molecular weight excluding hydrogens is 282 g/mol. The Bertz CT molecular complexity index is 753. The van der Waals surface area contributed by atoms with Crippen LogP contribution in [0.5, 0.6) is 0 Å². The molecule has 3 nitrogen and oxygen atoms in total. The van der Waals surface area contributed by atoms with Gasteiger partial charge < -0.3 is 5.32 Å². The first-order valence-electron chi connectivity index (χ1n) is 7.97. The van der Waals surface area contributed by atoms with Gasteiger partial charge >= 0.3 is 0 Å². The molecule has 0 saturated heterocycles. The molecule has 0 saturated carbocycles. The van der Waals surface area contributed by atoms with Crippen LogP contribution in [0.3, 0.4) is 0 Å². The Morgan fingerprint density at radius 2 is 1.52 bits per heavy atom. The average molecular weight is 305 g/mol. The number of rotatable bonds is 4. The molecule has 3 aromatic rings. The normalized spacial score (nSPS) is 11.4. The van der Waals surface area contributed by atoms with Gasteiger partial charge in [-0.3, -0.25) is 4.68 Å². The Morgan fingerprint density at radius 3 is 2.13 bits per heavy atom. The summed E-state index contributed by atoms with van der Waals surface area (Å²) in [7, 11) is 0. The Hall–Kier alpha value is -2.55. The van der Waals surface area contributed by atoms with Crippen LogP contribution in [0.25, 0.3) is 11.3 Å². The van der Waals surface area contributed by atoms with Crippen molar-refractivity contribution in [3.63, 3.8) is 0 Å². The third-order valence-electron chi connectivity index (χ3n) is 3.77. The smallest absolute Gasteiger partial charge is 0.115 e. The minimum absolute atomic E-state index is 0.0454. The summed E-state index contributed by atoms with van der Waals surface area (Å²) in [5.41, 5.74) is 4.41. The van der Waals surface area contributed by atoms with Crippen LogP contribution in [0.4, 0.5) is 5.69 Å². The quantitative estimate of drug-likeness (QED) is 0.741. The number of anilines is 1. The van der Waals surface area contributed by atoms with Crippen LogP contribution in [-0.4, -0.2) is 9.78 Å². The van der Waals surface area contributed by atoms with Crippen molar-refractivity contribution in [1.82, 2.24) is 9.78 Å². The molecule has 0 aliphatic rings. The van der Waals surface area contributed by atoms with Crippen molar-refractivity contribution in [2.45, 2.75) is 32.9 Å². The van der Waals surface area contributed by atoms with E-state index in [9.17, 15) is 0 Å². The van der Waals surface area contributed by atoms with Crippen molar-refractivity contribution in [2.75, 3.05) is 5.32 Å². The van der Waals surface area contributed by atoms with Crippen LogP contribution < -0.4 is 5.32 Å². The van der Waals surface area contributed by atoms with Crippen molar-refractivity contribution in [2.24, 2.45) is 0 Å². The zero-order chi connectivity index (χ0) is 16.3. The lowest BCUT2D eigenvalue weighted by Gasteiger charge is -2.18. The van der Waals surface area contributed by atoms with E-state index in [-0.39, 0.29) is 5.54 Å². The molecule has 0 aliphatic heterocycles. The van der Waals surface area contributed by atoms with Gasteiger partial charge in [0, 0.05) is 18.3 Å². The van der Waals surface area contributed by atoms with Crippen LogP contribution in [0.2, 0.25) is 0 Å². The fraction of sp³-hybridized carbons (Fsp3) is 0.250. The molecule has 0 aliphatic carbocycles. The molecule has 0 bridgehead atoms. The van der Waals surface area contributed by atoms with E-state index in [0.717, 1.165) is 23.5 Å². The molecule has 118 valence electrons. The Balaban J connectivity index is 1.92. The molecule has 3 heteroatoms. The first kappa shape index (κ1) is 15.3. The maximum Gasteiger partial charge on any atom is 0.115 e. The number of nitrogens with zero attached hydrogens (tertiary/aromatic N) is 2. The molecule has 1 heterocycles. The summed E-state index contributed by atoms with van der Waals surface area (Å²) in [5, 5.41) is 8.36. The maximum absolute atomic E-state index is 4.82. The summed E-state index contributed by atoms with van der Waals surface area (Å²) in [6.07, 6.45) is 2.10. The molecule has 1 aromatic heterocycles. The van der Waals surface area contributed by atoms with Gasteiger partial charge in [0.25, 0.3) is 0 Å². The standard InChI is InChI=1S/C20H23N3/c1-20(2,3)23-15-18(21-14-16-10-6-4-7-11-16)19(22-23)17-12-8-5-9-13-17/h4-13,15,21H,14H2,1-3H3. The predicted molar refractivity (Wildman–Crippen MR) is 96.4 cm³/mol. The molecule has 2 aromatic carbocycles. The highest BCUT2D eigenvalue weighted by Gasteiger charge is 2.18. The van der Waals surface area contributed by atoms with Gasteiger partial charge in [0.15, 0.2) is 0 Å². The second kappa shape index (κ2) is 6.29. The Labute approximate surface area is 138 Å². The molecule has 0 spiro atoms. The lowest BCUT2D eigenvalue weighted by atomic mass is 10.1. The van der Waals surface area contributed by atoms with Gasteiger partial charge in [0.1, 0.15) is 5.69 Å². The molecule has 0 atom stereocenters. The van der Waals surface area contributed by atoms with Gasteiger partial charge in [-0.1, -0.05) is 60.7 Å². The SMILES string of the molecule is CC(C)(C)n1cc(NCc2ccccc2)c(-c2ccccc2)n1. The van der Waals surface area contributed by atoms with Crippen LogP contribution >= 0.6 is 0 Å². The molecule has 0 amide bonds. The summed E-state index contributed by atoms with van der Waals surface area (Å²) in [6.45, 7) is 7.28. The largest absolute Gasteiger partial charge is 0.378 e. The van der Waals surface area contributed by atoms with Gasteiger partial charge in [0.05, 0.1) is 11.2 Å². The van der Waals surface area contributed by atoms with E-state index in [2.05, 4.69) is 68.7 Å². The molecule has 0 fully saturated rings. The van der Waals surface area contributed by atoms with E-state index < -0.39 is 0 Å². The summed E-state index contributed by atoms with van der Waals surface area (Å²) >= 11 is 0. The van der Waals surface area contributed by atoms with Crippen LogP contribution in [0.15, 0.2) is 66.9 Å². The van der Waals surface area contributed by atoms with Gasteiger partial charge in [-0.15, -0.1) is 0 Å². The van der Waals surface area contributed by atoms with Crippen molar-refractivity contribution in [3.8, 4) is 11.3 Å². The molecule has 23 heavy (non-hydrogen) atoms. The fourth-order valence-corrected chi connectivity index (χ4v) is 2.45. The second-order valence-corrected chi connectivity index (χ2v) is 6.71. The highest BCUT2D eigenvalue weighted by Crippen LogP contribution is 2.29. The van der Waals surface area contributed by atoms with Gasteiger partial charge in [0.2, 0.25) is 0 Å². The average Bonchev–Trinajstić information content (AvgIpc) is 2.99. The van der Waals surface area contributed by atoms with E-state index >= 15 is 0 Å². The predicted octanol–water partition coefficient (Wildman–Crippen LogP) is 4.92. The number of aromatic nitrogens is 2. The second-order valence-electron chi connectivity index (χ2n) is 6.71. The highest BCUT2D eigenvalue weighted by molar-refractivity contribution is 5.73. The highest BCUT2D eigenvalue weighted by atomic mass is 15.3. The zero-order valence-electron chi connectivity index (χ0n) is 14.0. The summed E-state index contributed by atoms with van der Waals surface area (Å²) in [6, 6.07) is 20.7. The first-order valence-corrected chi connectivity index (χ1v) is 7.97. The fourth-order valence-electron chi connectivity index (χ4n) is 2.45. The first-order chi connectivity index (χ1) is 11.0.